The van der Waals surface area contributed by atoms with Crippen molar-refractivity contribution in [3.8, 4) is 0 Å². The number of aliphatic imine (C=N–C) groups is 1. The van der Waals surface area contributed by atoms with Gasteiger partial charge in [0.05, 0.1) is 6.54 Å². The fraction of sp³-hybridized carbons (Fsp3) is 0.545. The lowest BCUT2D eigenvalue weighted by Gasteiger charge is -2.34. The van der Waals surface area contributed by atoms with Crippen LogP contribution >= 0.6 is 0 Å². The summed E-state index contributed by atoms with van der Waals surface area (Å²) in [6.45, 7) is 11.8. The normalized spacial score (nSPS) is 18.8. The molecular formula is C22H33N5O. The summed E-state index contributed by atoms with van der Waals surface area (Å²) in [6.07, 6.45) is 3.37. The van der Waals surface area contributed by atoms with E-state index in [-0.39, 0.29) is 5.91 Å². The van der Waals surface area contributed by atoms with E-state index in [9.17, 15) is 4.79 Å². The summed E-state index contributed by atoms with van der Waals surface area (Å²) in [7, 11) is 0. The molecule has 28 heavy (non-hydrogen) atoms. The molecule has 0 atom stereocenters. The maximum Gasteiger partial charge on any atom is 0.219 e. The van der Waals surface area contributed by atoms with Crippen LogP contribution in [0.2, 0.25) is 0 Å². The molecule has 6 nitrogen and oxygen atoms in total. The van der Waals surface area contributed by atoms with Crippen molar-refractivity contribution < 1.29 is 4.79 Å². The summed E-state index contributed by atoms with van der Waals surface area (Å²) in [6, 6.07) is 10.6. The minimum Gasteiger partial charge on any atom is -0.357 e. The average molecular weight is 384 g/mol. The smallest absolute Gasteiger partial charge is 0.219 e. The van der Waals surface area contributed by atoms with Crippen molar-refractivity contribution in [1.82, 2.24) is 20.0 Å². The van der Waals surface area contributed by atoms with E-state index in [4.69, 9.17) is 4.99 Å². The maximum atomic E-state index is 11.4. The predicted molar refractivity (Wildman–Crippen MR) is 115 cm³/mol. The number of hydrogen-bond acceptors (Lipinski definition) is 3. The Labute approximate surface area is 168 Å². The first-order chi connectivity index (χ1) is 13.7. The van der Waals surface area contributed by atoms with E-state index in [1.165, 1.54) is 11.1 Å². The molecule has 0 aromatic heterocycles. The first-order valence-electron chi connectivity index (χ1n) is 10.4. The van der Waals surface area contributed by atoms with Crippen molar-refractivity contribution in [2.45, 2.75) is 20.3 Å². The van der Waals surface area contributed by atoms with Crippen LogP contribution in [0.1, 0.15) is 25.8 Å². The third-order valence-corrected chi connectivity index (χ3v) is 5.48. The van der Waals surface area contributed by atoms with Crippen LogP contribution in [-0.4, -0.2) is 85.5 Å². The van der Waals surface area contributed by atoms with Gasteiger partial charge in [-0.3, -0.25) is 14.7 Å². The Morgan fingerprint density at radius 3 is 2.43 bits per heavy atom. The summed E-state index contributed by atoms with van der Waals surface area (Å²) >= 11 is 0. The molecule has 6 heteroatoms. The van der Waals surface area contributed by atoms with Gasteiger partial charge in [0.1, 0.15) is 0 Å². The molecule has 2 aliphatic heterocycles. The van der Waals surface area contributed by atoms with Crippen LogP contribution < -0.4 is 5.32 Å². The van der Waals surface area contributed by atoms with Gasteiger partial charge < -0.3 is 15.1 Å². The maximum absolute atomic E-state index is 11.4. The van der Waals surface area contributed by atoms with Gasteiger partial charge in [-0.25, -0.2) is 0 Å². The van der Waals surface area contributed by atoms with Crippen molar-refractivity contribution in [3.63, 3.8) is 0 Å². The van der Waals surface area contributed by atoms with Gasteiger partial charge in [-0.15, -0.1) is 0 Å². The molecule has 1 N–H and O–H groups in total. The van der Waals surface area contributed by atoms with Gasteiger partial charge in [0.15, 0.2) is 5.96 Å². The Morgan fingerprint density at radius 1 is 1.07 bits per heavy atom. The molecule has 0 radical (unpaired) electrons. The Balaban J connectivity index is 1.51. The number of rotatable bonds is 5. The number of carbonyl (C=O) groups excluding carboxylic acids is 1. The molecular weight excluding hydrogens is 350 g/mol. The highest BCUT2D eigenvalue weighted by molar-refractivity contribution is 5.81. The molecule has 1 aromatic rings. The minimum atomic E-state index is 0.181. The summed E-state index contributed by atoms with van der Waals surface area (Å²) in [5.74, 6) is 1.19. The van der Waals surface area contributed by atoms with Crippen molar-refractivity contribution in [1.29, 1.82) is 0 Å². The predicted octanol–water partition coefficient (Wildman–Crippen LogP) is 1.91. The zero-order chi connectivity index (χ0) is 19.8. The number of amides is 1. The summed E-state index contributed by atoms with van der Waals surface area (Å²) in [4.78, 5) is 23.0. The highest BCUT2D eigenvalue weighted by atomic mass is 16.2. The van der Waals surface area contributed by atoms with Crippen LogP contribution in [-0.2, 0) is 4.79 Å². The molecule has 0 saturated carbocycles. The Hall–Kier alpha value is -2.34. The van der Waals surface area contributed by atoms with Crippen molar-refractivity contribution in [2.24, 2.45) is 4.99 Å². The van der Waals surface area contributed by atoms with Crippen LogP contribution in [0.5, 0.6) is 0 Å². The van der Waals surface area contributed by atoms with Crippen LogP contribution in [0.3, 0.4) is 0 Å². The molecule has 1 amide bonds. The number of carbonyl (C=O) groups is 1. The Kier molecular flexibility index (Phi) is 7.48. The zero-order valence-electron chi connectivity index (χ0n) is 17.2. The van der Waals surface area contributed by atoms with E-state index in [0.29, 0.717) is 0 Å². The minimum absolute atomic E-state index is 0.181. The molecule has 1 saturated heterocycles. The fourth-order valence-corrected chi connectivity index (χ4v) is 3.79. The first kappa shape index (κ1) is 20.4. The number of guanidine groups is 1. The fourth-order valence-electron chi connectivity index (χ4n) is 3.79. The molecule has 0 spiro atoms. The molecule has 3 rings (SSSR count). The van der Waals surface area contributed by atoms with Gasteiger partial charge in [0.2, 0.25) is 5.91 Å². The molecule has 2 aliphatic rings. The van der Waals surface area contributed by atoms with Crippen LogP contribution in [0.15, 0.2) is 41.4 Å². The summed E-state index contributed by atoms with van der Waals surface area (Å²) in [5, 5.41) is 3.44. The molecule has 1 aromatic carbocycles. The number of hydrogen-bond donors (Lipinski definition) is 1. The second kappa shape index (κ2) is 10.3. The molecule has 0 bridgehead atoms. The third kappa shape index (κ3) is 5.58. The second-order valence-corrected chi connectivity index (χ2v) is 7.37. The molecule has 0 aliphatic carbocycles. The molecule has 0 unspecified atom stereocenters. The number of nitrogens with one attached hydrogen (secondary N) is 1. The highest BCUT2D eigenvalue weighted by Crippen LogP contribution is 2.21. The molecule has 152 valence electrons. The van der Waals surface area contributed by atoms with E-state index < -0.39 is 0 Å². The summed E-state index contributed by atoms with van der Waals surface area (Å²) in [5.41, 5.74) is 2.75. The largest absolute Gasteiger partial charge is 0.357 e. The SMILES string of the molecule is CCNC(=NCCN1CCN(C(C)=O)CC1)N1CC=C(c2ccccc2)CC1. The Morgan fingerprint density at radius 2 is 1.82 bits per heavy atom. The van der Waals surface area contributed by atoms with E-state index in [0.717, 1.165) is 71.3 Å². The third-order valence-electron chi connectivity index (χ3n) is 5.48. The van der Waals surface area contributed by atoms with Crippen molar-refractivity contribution in [2.75, 3.05) is 58.9 Å². The van der Waals surface area contributed by atoms with Crippen molar-refractivity contribution in [3.05, 3.63) is 42.0 Å². The zero-order valence-corrected chi connectivity index (χ0v) is 17.2. The second-order valence-electron chi connectivity index (χ2n) is 7.37. The topological polar surface area (TPSA) is 51.2 Å². The van der Waals surface area contributed by atoms with Gasteiger partial charge in [0.25, 0.3) is 0 Å². The average Bonchev–Trinajstić information content (AvgIpc) is 2.74. The van der Waals surface area contributed by atoms with Gasteiger partial charge in [-0.2, -0.15) is 0 Å². The van der Waals surface area contributed by atoms with Gasteiger partial charge in [-0.1, -0.05) is 36.4 Å². The highest BCUT2D eigenvalue weighted by Gasteiger charge is 2.19. The number of benzene rings is 1. The Bertz CT molecular complexity index is 692. The monoisotopic (exact) mass is 383 g/mol. The quantitative estimate of drug-likeness (QED) is 0.623. The van der Waals surface area contributed by atoms with E-state index in [1.54, 1.807) is 6.92 Å². The van der Waals surface area contributed by atoms with Gasteiger partial charge in [0, 0.05) is 59.3 Å². The van der Waals surface area contributed by atoms with Gasteiger partial charge in [-0.05, 0) is 24.5 Å². The summed E-state index contributed by atoms with van der Waals surface area (Å²) < 4.78 is 0. The lowest BCUT2D eigenvalue weighted by atomic mass is 10.00. The van der Waals surface area contributed by atoms with E-state index >= 15 is 0 Å². The first-order valence-corrected chi connectivity index (χ1v) is 10.4. The van der Waals surface area contributed by atoms with Crippen LogP contribution in [0, 0.1) is 0 Å². The van der Waals surface area contributed by atoms with Crippen molar-refractivity contribution >= 4 is 17.4 Å². The van der Waals surface area contributed by atoms with E-state index in [1.807, 2.05) is 4.90 Å². The lowest BCUT2D eigenvalue weighted by molar-refractivity contribution is -0.130. The lowest BCUT2D eigenvalue weighted by Crippen LogP contribution is -2.49. The molecule has 2 heterocycles. The molecule has 1 fully saturated rings. The number of piperazine rings is 1. The standard InChI is InChI=1S/C22H33N5O/c1-3-23-22(24-11-14-25-15-17-26(18-16-25)19(2)28)27-12-9-21(10-13-27)20-7-5-4-6-8-20/h4-9H,3,10-18H2,1-2H3,(H,23,24). The van der Waals surface area contributed by atoms with Crippen LogP contribution in [0.25, 0.3) is 5.57 Å². The van der Waals surface area contributed by atoms with Gasteiger partial charge >= 0.3 is 0 Å². The number of nitrogens with zero attached hydrogens (tertiary/aromatic N) is 4. The van der Waals surface area contributed by atoms with Crippen LogP contribution in [0.4, 0.5) is 0 Å². The van der Waals surface area contributed by atoms with E-state index in [2.05, 4.69) is 58.4 Å².